The number of nitrogens with two attached hydrogens (primary N) is 1. The number of aliphatic hydroxyl groups excluding tert-OH is 1. The molecule has 4 heteroatoms. The second kappa shape index (κ2) is 6.56. The Kier molecular flexibility index (Phi) is 4.78. The van der Waals surface area contributed by atoms with Crippen LogP contribution in [0.25, 0.3) is 0 Å². The lowest BCUT2D eigenvalue weighted by molar-refractivity contribution is 0.0265. The maximum absolute atomic E-state index is 12.5. The molecule has 0 radical (unpaired) electrons. The SMILES string of the molecule is CN(CC1CC(O)C1)C(=O)c1ccccc1C#CCN. The molecule has 0 atom stereocenters. The van der Waals surface area contributed by atoms with E-state index in [0.717, 1.165) is 12.8 Å². The van der Waals surface area contributed by atoms with Crippen molar-refractivity contribution in [2.75, 3.05) is 20.1 Å². The van der Waals surface area contributed by atoms with Gasteiger partial charge in [-0.25, -0.2) is 0 Å². The average Bonchev–Trinajstić information content (AvgIpc) is 2.43. The van der Waals surface area contributed by atoms with E-state index in [-0.39, 0.29) is 18.6 Å². The van der Waals surface area contributed by atoms with Gasteiger partial charge in [-0.1, -0.05) is 24.0 Å². The largest absolute Gasteiger partial charge is 0.393 e. The fourth-order valence-electron chi connectivity index (χ4n) is 2.45. The lowest BCUT2D eigenvalue weighted by atomic mass is 9.82. The molecule has 0 heterocycles. The average molecular weight is 272 g/mol. The molecule has 3 N–H and O–H groups in total. The highest BCUT2D eigenvalue weighted by Crippen LogP contribution is 2.28. The van der Waals surface area contributed by atoms with Crippen molar-refractivity contribution in [3.8, 4) is 11.8 Å². The van der Waals surface area contributed by atoms with Gasteiger partial charge in [0, 0.05) is 19.2 Å². The first kappa shape index (κ1) is 14.6. The summed E-state index contributed by atoms with van der Waals surface area (Å²) in [6.07, 6.45) is 1.38. The summed E-state index contributed by atoms with van der Waals surface area (Å²) in [6.45, 7) is 0.951. The lowest BCUT2D eigenvalue weighted by Crippen LogP contribution is -2.39. The number of nitrogens with zero attached hydrogens (tertiary/aromatic N) is 1. The quantitative estimate of drug-likeness (QED) is 0.801. The van der Waals surface area contributed by atoms with Gasteiger partial charge in [-0.05, 0) is 30.9 Å². The Bertz CT molecular complexity index is 539. The Morgan fingerprint density at radius 1 is 1.45 bits per heavy atom. The number of carbonyl (C=O) groups excluding carboxylic acids is 1. The molecule has 1 aromatic rings. The zero-order valence-electron chi connectivity index (χ0n) is 11.7. The van der Waals surface area contributed by atoms with Gasteiger partial charge >= 0.3 is 0 Å². The van der Waals surface area contributed by atoms with E-state index in [9.17, 15) is 9.90 Å². The molecule has 0 bridgehead atoms. The first-order chi connectivity index (χ1) is 9.61. The van der Waals surface area contributed by atoms with Crippen LogP contribution in [0.2, 0.25) is 0 Å². The van der Waals surface area contributed by atoms with Gasteiger partial charge in [-0.15, -0.1) is 0 Å². The summed E-state index contributed by atoms with van der Waals surface area (Å²) in [6, 6.07) is 7.31. The van der Waals surface area contributed by atoms with Crippen LogP contribution in [0, 0.1) is 17.8 Å². The van der Waals surface area contributed by atoms with Crippen LogP contribution in [0.4, 0.5) is 0 Å². The van der Waals surface area contributed by atoms with E-state index in [1.165, 1.54) is 0 Å². The van der Waals surface area contributed by atoms with Crippen molar-refractivity contribution in [2.45, 2.75) is 18.9 Å². The molecule has 1 aliphatic rings. The summed E-state index contributed by atoms with van der Waals surface area (Å²) in [4.78, 5) is 14.2. The number of hydrogen-bond acceptors (Lipinski definition) is 3. The Hall–Kier alpha value is -1.83. The van der Waals surface area contributed by atoms with Gasteiger partial charge in [-0.3, -0.25) is 4.79 Å². The van der Waals surface area contributed by atoms with Crippen molar-refractivity contribution in [1.29, 1.82) is 0 Å². The van der Waals surface area contributed by atoms with Gasteiger partial charge in [0.25, 0.3) is 5.91 Å². The lowest BCUT2D eigenvalue weighted by Gasteiger charge is -2.34. The third-order valence-electron chi connectivity index (χ3n) is 3.57. The molecule has 4 nitrogen and oxygen atoms in total. The first-order valence-electron chi connectivity index (χ1n) is 6.83. The van der Waals surface area contributed by atoms with Crippen molar-refractivity contribution in [2.24, 2.45) is 11.7 Å². The van der Waals surface area contributed by atoms with Crippen LogP contribution in [0.3, 0.4) is 0 Å². The molecule has 2 rings (SSSR count). The predicted octanol–water partition coefficient (Wildman–Crippen LogP) is 0.840. The minimum absolute atomic E-state index is 0.0340. The molecule has 1 amide bonds. The van der Waals surface area contributed by atoms with Crippen LogP contribution in [-0.4, -0.2) is 42.2 Å². The fourth-order valence-corrected chi connectivity index (χ4v) is 2.45. The Labute approximate surface area is 119 Å². The smallest absolute Gasteiger partial charge is 0.254 e. The van der Waals surface area contributed by atoms with Crippen molar-refractivity contribution in [1.82, 2.24) is 4.90 Å². The molecule has 0 aliphatic heterocycles. The molecule has 106 valence electrons. The molecule has 0 unspecified atom stereocenters. The third kappa shape index (κ3) is 3.38. The van der Waals surface area contributed by atoms with Gasteiger partial charge < -0.3 is 15.7 Å². The second-order valence-electron chi connectivity index (χ2n) is 5.23. The molecule has 0 saturated heterocycles. The van der Waals surface area contributed by atoms with Crippen LogP contribution >= 0.6 is 0 Å². The molecule has 1 saturated carbocycles. The Morgan fingerprint density at radius 3 is 2.80 bits per heavy atom. The van der Waals surface area contributed by atoms with E-state index < -0.39 is 0 Å². The standard InChI is InChI=1S/C16H20N2O2/c1-18(11-12-9-14(19)10-12)16(20)15-7-3-2-5-13(15)6-4-8-17/h2-3,5,7,12,14,19H,8-11,17H2,1H3. The third-order valence-corrected chi connectivity index (χ3v) is 3.57. The number of hydrogen-bond donors (Lipinski definition) is 2. The summed E-state index contributed by atoms with van der Waals surface area (Å²) in [5, 5.41) is 9.29. The highest BCUT2D eigenvalue weighted by Gasteiger charge is 2.29. The summed E-state index contributed by atoms with van der Waals surface area (Å²) < 4.78 is 0. The Morgan fingerprint density at radius 2 is 2.15 bits per heavy atom. The normalized spacial score (nSPS) is 20.6. The van der Waals surface area contributed by atoms with E-state index in [0.29, 0.717) is 23.6 Å². The first-order valence-corrected chi connectivity index (χ1v) is 6.83. The molecule has 1 aromatic carbocycles. The van der Waals surface area contributed by atoms with Gasteiger partial charge in [0.15, 0.2) is 0 Å². The molecule has 1 fully saturated rings. The predicted molar refractivity (Wildman–Crippen MR) is 78.1 cm³/mol. The van der Waals surface area contributed by atoms with Crippen molar-refractivity contribution in [3.63, 3.8) is 0 Å². The summed E-state index contributed by atoms with van der Waals surface area (Å²) in [5.41, 5.74) is 6.69. The number of aliphatic hydroxyl groups is 1. The minimum atomic E-state index is -0.189. The fraction of sp³-hybridized carbons (Fsp3) is 0.438. The van der Waals surface area contributed by atoms with Gasteiger partial charge in [0.2, 0.25) is 0 Å². The summed E-state index contributed by atoms with van der Waals surface area (Å²) in [5.74, 6) is 6.09. The number of rotatable bonds is 3. The molecular formula is C16H20N2O2. The Balaban J connectivity index is 2.08. The van der Waals surface area contributed by atoms with E-state index in [1.807, 2.05) is 18.2 Å². The number of amides is 1. The maximum atomic E-state index is 12.5. The van der Waals surface area contributed by atoms with Gasteiger partial charge in [-0.2, -0.15) is 0 Å². The summed E-state index contributed by atoms with van der Waals surface area (Å²) >= 11 is 0. The topological polar surface area (TPSA) is 66.6 Å². The van der Waals surface area contributed by atoms with Crippen LogP contribution in [0.1, 0.15) is 28.8 Å². The van der Waals surface area contributed by atoms with Crippen LogP contribution in [0.5, 0.6) is 0 Å². The van der Waals surface area contributed by atoms with Crippen LogP contribution in [-0.2, 0) is 0 Å². The zero-order valence-corrected chi connectivity index (χ0v) is 11.7. The number of benzene rings is 1. The molecule has 0 spiro atoms. The van der Waals surface area contributed by atoms with Crippen LogP contribution in [0.15, 0.2) is 24.3 Å². The van der Waals surface area contributed by atoms with E-state index >= 15 is 0 Å². The summed E-state index contributed by atoms with van der Waals surface area (Å²) in [7, 11) is 1.79. The van der Waals surface area contributed by atoms with Crippen molar-refractivity contribution in [3.05, 3.63) is 35.4 Å². The number of carbonyl (C=O) groups is 1. The molecular weight excluding hydrogens is 252 g/mol. The zero-order chi connectivity index (χ0) is 14.5. The highest BCUT2D eigenvalue weighted by molar-refractivity contribution is 5.96. The van der Waals surface area contributed by atoms with Crippen molar-refractivity contribution >= 4 is 5.91 Å². The molecule has 20 heavy (non-hydrogen) atoms. The second-order valence-corrected chi connectivity index (χ2v) is 5.23. The van der Waals surface area contributed by atoms with Crippen molar-refractivity contribution < 1.29 is 9.90 Å². The molecule has 1 aliphatic carbocycles. The van der Waals surface area contributed by atoms with Gasteiger partial charge in [0.05, 0.1) is 18.2 Å². The maximum Gasteiger partial charge on any atom is 0.254 e. The minimum Gasteiger partial charge on any atom is -0.393 e. The molecule has 0 aromatic heterocycles. The van der Waals surface area contributed by atoms with Crippen LogP contribution < -0.4 is 5.73 Å². The van der Waals surface area contributed by atoms with E-state index in [1.54, 1.807) is 18.0 Å². The van der Waals surface area contributed by atoms with Gasteiger partial charge in [0.1, 0.15) is 0 Å². The monoisotopic (exact) mass is 272 g/mol. The highest BCUT2D eigenvalue weighted by atomic mass is 16.3. The van der Waals surface area contributed by atoms with E-state index in [2.05, 4.69) is 11.8 Å². The van der Waals surface area contributed by atoms with E-state index in [4.69, 9.17) is 5.73 Å².